The summed E-state index contributed by atoms with van der Waals surface area (Å²) in [7, 11) is 0. The van der Waals surface area contributed by atoms with Gasteiger partial charge >= 0.3 is 0 Å². The van der Waals surface area contributed by atoms with E-state index < -0.39 is 0 Å². The molecule has 7 heteroatoms. The Morgan fingerprint density at radius 1 is 1.26 bits per heavy atom. The van der Waals surface area contributed by atoms with Gasteiger partial charge in [-0.1, -0.05) is 39.0 Å². The lowest BCUT2D eigenvalue weighted by Crippen LogP contribution is -2.52. The molecule has 186 valence electrons. The van der Waals surface area contributed by atoms with Crippen LogP contribution < -0.4 is 15.8 Å². The molecule has 2 aliphatic heterocycles. The van der Waals surface area contributed by atoms with E-state index in [4.69, 9.17) is 10.5 Å². The third-order valence-electron chi connectivity index (χ3n) is 7.06. The number of fused-ring (bicyclic) bond motifs is 1. The second-order valence-corrected chi connectivity index (χ2v) is 9.93. The molecule has 1 saturated carbocycles. The quantitative estimate of drug-likeness (QED) is 0.638. The molecule has 0 spiro atoms. The molecule has 0 bridgehead atoms. The van der Waals surface area contributed by atoms with Crippen LogP contribution in [0.2, 0.25) is 0 Å². The van der Waals surface area contributed by atoms with Crippen molar-refractivity contribution in [3.8, 4) is 18.6 Å². The van der Waals surface area contributed by atoms with Crippen LogP contribution in [0.4, 0.5) is 0 Å². The van der Waals surface area contributed by atoms with Crippen molar-refractivity contribution in [1.82, 2.24) is 10.2 Å². The Morgan fingerprint density at radius 3 is 2.35 bits per heavy atom. The zero-order valence-corrected chi connectivity index (χ0v) is 21.4. The molecule has 4 rings (SSSR count). The van der Waals surface area contributed by atoms with Gasteiger partial charge in [0.2, 0.25) is 11.8 Å². The number of hydrogen-bond donors (Lipinski definition) is 2. The van der Waals surface area contributed by atoms with E-state index in [1.54, 1.807) is 4.90 Å². The molecule has 0 saturated heterocycles. The van der Waals surface area contributed by atoms with Gasteiger partial charge in [0.25, 0.3) is 0 Å². The average Bonchev–Trinajstić information content (AvgIpc) is 3.44. The summed E-state index contributed by atoms with van der Waals surface area (Å²) in [6.07, 6.45) is 11.5. The van der Waals surface area contributed by atoms with Crippen LogP contribution in [0.3, 0.4) is 0 Å². The standard InChI is InChI=1S/C13H23N3O.C12H15NO2.C2H2/c1-4-13(5-2)7-11(17)16(12(14)15-13)8-10-6-9(10)3;1-8(14)13-11-9-6-4-5-7-10(9)15-12(11,2)3;1-2/h9-10H,4-8H2,1-3H3,(H2,14,15);4-7,11H,1-3H3,(H,13,14);1-2H/t9?,10-;;/m1../s1. The molecular weight excluding hydrogens is 428 g/mol. The van der Waals surface area contributed by atoms with E-state index in [2.05, 4.69) is 43.9 Å². The van der Waals surface area contributed by atoms with Crippen molar-refractivity contribution in [2.24, 2.45) is 22.6 Å². The monoisotopic (exact) mass is 468 g/mol. The van der Waals surface area contributed by atoms with Gasteiger partial charge in [0.05, 0.1) is 18.0 Å². The number of guanidine groups is 1. The van der Waals surface area contributed by atoms with Gasteiger partial charge in [0, 0.05) is 19.0 Å². The van der Waals surface area contributed by atoms with Crippen molar-refractivity contribution >= 4 is 17.8 Å². The van der Waals surface area contributed by atoms with Gasteiger partial charge in [0.15, 0.2) is 5.96 Å². The van der Waals surface area contributed by atoms with E-state index in [1.807, 2.05) is 38.1 Å². The third kappa shape index (κ3) is 6.11. The molecule has 34 heavy (non-hydrogen) atoms. The number of rotatable bonds is 5. The molecule has 2 heterocycles. The summed E-state index contributed by atoms with van der Waals surface area (Å²) in [4.78, 5) is 29.6. The van der Waals surface area contributed by atoms with Crippen molar-refractivity contribution in [1.29, 1.82) is 0 Å². The minimum atomic E-state index is -0.380. The minimum absolute atomic E-state index is 0.0339. The van der Waals surface area contributed by atoms with Gasteiger partial charge in [-0.15, -0.1) is 12.8 Å². The molecular formula is C27H40N4O3. The van der Waals surface area contributed by atoms with Crippen LogP contribution in [0.25, 0.3) is 0 Å². The number of aliphatic imine (C=N–C) groups is 1. The first-order valence-corrected chi connectivity index (χ1v) is 12.1. The molecule has 0 radical (unpaired) electrons. The maximum absolute atomic E-state index is 12.2. The van der Waals surface area contributed by atoms with E-state index in [9.17, 15) is 9.59 Å². The van der Waals surface area contributed by atoms with Crippen molar-refractivity contribution in [3.63, 3.8) is 0 Å². The van der Waals surface area contributed by atoms with Crippen LogP contribution in [0.15, 0.2) is 29.3 Å². The number of nitrogens with one attached hydrogen (secondary N) is 1. The number of ether oxygens (including phenoxy) is 1. The number of para-hydroxylation sites is 1. The summed E-state index contributed by atoms with van der Waals surface area (Å²) >= 11 is 0. The molecule has 7 nitrogen and oxygen atoms in total. The Bertz CT molecular complexity index is 933. The van der Waals surface area contributed by atoms with E-state index >= 15 is 0 Å². The van der Waals surface area contributed by atoms with Gasteiger partial charge < -0.3 is 15.8 Å². The highest BCUT2D eigenvalue weighted by molar-refractivity contribution is 5.99. The summed E-state index contributed by atoms with van der Waals surface area (Å²) in [6, 6.07) is 7.75. The lowest BCUT2D eigenvalue weighted by atomic mass is 9.88. The first kappa shape index (κ1) is 27.2. The van der Waals surface area contributed by atoms with E-state index in [-0.39, 0.29) is 29.0 Å². The lowest BCUT2D eigenvalue weighted by Gasteiger charge is -2.36. The SMILES string of the molecule is C#C.CC(=O)NC1c2ccccc2OC1(C)C.CCC1(CC)CC(=O)N(C[C@H]2CC2C)C(N)=N1. The molecule has 0 aromatic heterocycles. The number of amides is 2. The maximum atomic E-state index is 12.2. The highest BCUT2D eigenvalue weighted by Gasteiger charge is 2.42. The van der Waals surface area contributed by atoms with E-state index in [0.717, 1.165) is 36.6 Å². The van der Waals surface area contributed by atoms with Gasteiger partial charge in [-0.3, -0.25) is 14.5 Å². The molecule has 2 amide bonds. The fraction of sp³-hybridized carbons (Fsp3) is 0.593. The molecule has 2 unspecified atom stereocenters. The Labute approximate surface area is 204 Å². The Morgan fingerprint density at radius 2 is 1.85 bits per heavy atom. The normalized spacial score (nSPS) is 25.3. The van der Waals surface area contributed by atoms with Crippen LogP contribution in [0.5, 0.6) is 5.75 Å². The average molecular weight is 469 g/mol. The predicted molar refractivity (Wildman–Crippen MR) is 136 cm³/mol. The fourth-order valence-electron chi connectivity index (χ4n) is 4.57. The number of benzene rings is 1. The number of carbonyl (C=O) groups is 2. The number of nitrogens with zero attached hydrogens (tertiary/aromatic N) is 2. The summed E-state index contributed by atoms with van der Waals surface area (Å²) in [5.74, 6) is 2.78. The molecule has 3 N–H and O–H groups in total. The van der Waals surface area contributed by atoms with Crippen molar-refractivity contribution < 1.29 is 14.3 Å². The molecule has 1 aliphatic carbocycles. The van der Waals surface area contributed by atoms with Crippen LogP contribution in [-0.2, 0) is 9.59 Å². The Balaban J connectivity index is 0.000000225. The van der Waals surface area contributed by atoms with Crippen molar-refractivity contribution in [3.05, 3.63) is 29.8 Å². The van der Waals surface area contributed by atoms with Gasteiger partial charge in [-0.25, -0.2) is 4.99 Å². The minimum Gasteiger partial charge on any atom is -0.485 e. The Hall–Kier alpha value is -3.01. The second kappa shape index (κ2) is 10.9. The molecule has 1 aromatic rings. The fourth-order valence-corrected chi connectivity index (χ4v) is 4.57. The zero-order chi connectivity index (χ0) is 25.7. The summed E-state index contributed by atoms with van der Waals surface area (Å²) in [6.45, 7) is 12.6. The van der Waals surface area contributed by atoms with Gasteiger partial charge in [-0.05, 0) is 51.0 Å². The molecule has 1 fully saturated rings. The van der Waals surface area contributed by atoms with Crippen molar-refractivity contribution in [2.45, 2.75) is 84.4 Å². The smallest absolute Gasteiger partial charge is 0.231 e. The van der Waals surface area contributed by atoms with Crippen LogP contribution in [-0.4, -0.2) is 40.4 Å². The highest BCUT2D eigenvalue weighted by atomic mass is 16.5. The third-order valence-corrected chi connectivity index (χ3v) is 7.06. The second-order valence-electron chi connectivity index (χ2n) is 9.93. The van der Waals surface area contributed by atoms with Crippen molar-refractivity contribution in [2.75, 3.05) is 6.54 Å². The largest absolute Gasteiger partial charge is 0.485 e. The van der Waals surface area contributed by atoms with E-state index in [1.165, 1.54) is 13.3 Å². The number of carbonyl (C=O) groups excluding carboxylic acids is 2. The predicted octanol–water partition coefficient (Wildman–Crippen LogP) is 4.03. The van der Waals surface area contributed by atoms with Gasteiger partial charge in [0.1, 0.15) is 11.4 Å². The number of terminal acetylenes is 1. The summed E-state index contributed by atoms with van der Waals surface area (Å²) < 4.78 is 5.79. The Kier molecular flexibility index (Phi) is 8.77. The maximum Gasteiger partial charge on any atom is 0.231 e. The number of nitrogens with two attached hydrogens (primary N) is 1. The first-order chi connectivity index (χ1) is 16.0. The molecule has 3 atom stereocenters. The number of hydrogen-bond acceptors (Lipinski definition) is 5. The topological polar surface area (TPSA) is 97.0 Å². The van der Waals surface area contributed by atoms with Gasteiger partial charge in [-0.2, -0.15) is 0 Å². The summed E-state index contributed by atoms with van der Waals surface area (Å²) in [5, 5.41) is 2.92. The molecule has 1 aromatic carbocycles. The zero-order valence-electron chi connectivity index (χ0n) is 21.4. The van der Waals surface area contributed by atoms with Crippen LogP contribution in [0.1, 0.15) is 78.8 Å². The van der Waals surface area contributed by atoms with Crippen LogP contribution >= 0.6 is 0 Å². The van der Waals surface area contributed by atoms with E-state index in [0.29, 0.717) is 18.3 Å². The highest BCUT2D eigenvalue weighted by Crippen LogP contribution is 2.42. The molecule has 3 aliphatic rings. The summed E-state index contributed by atoms with van der Waals surface area (Å²) in [5.41, 5.74) is 6.40. The first-order valence-electron chi connectivity index (χ1n) is 12.1. The van der Waals surface area contributed by atoms with Crippen LogP contribution in [0, 0.1) is 24.7 Å². The lowest BCUT2D eigenvalue weighted by molar-refractivity contribution is -0.130.